The number of hydrogen-bond donors (Lipinski definition) is 3. The zero-order chi connectivity index (χ0) is 17.8. The molecule has 1 aromatic carbocycles. The molecule has 0 unspecified atom stereocenters. The minimum Gasteiger partial charge on any atom is -0.350 e. The molecule has 0 radical (unpaired) electrons. The monoisotopic (exact) mass is 365 g/mol. The van der Waals surface area contributed by atoms with Gasteiger partial charge in [-0.1, -0.05) is 6.07 Å². The smallest absolute Gasteiger partial charge is 0.350 e. The highest BCUT2D eigenvalue weighted by Crippen LogP contribution is 2.16. The van der Waals surface area contributed by atoms with E-state index in [-0.39, 0.29) is 11.6 Å². The molecule has 10 heteroatoms. The first-order valence-electron chi connectivity index (χ1n) is 7.35. The summed E-state index contributed by atoms with van der Waals surface area (Å²) >= 11 is 0. The molecule has 24 heavy (non-hydrogen) atoms. The molecule has 134 valence electrons. The van der Waals surface area contributed by atoms with Crippen LogP contribution in [0.2, 0.25) is 0 Å². The maximum absolute atomic E-state index is 12.2. The van der Waals surface area contributed by atoms with Gasteiger partial charge in [0.2, 0.25) is 10.0 Å². The average Bonchev–Trinajstić information content (AvgIpc) is 3.04. The summed E-state index contributed by atoms with van der Waals surface area (Å²) in [5, 5.41) is 5.88. The minimum atomic E-state index is -4.66. The first-order chi connectivity index (χ1) is 11.2. The average molecular weight is 365 g/mol. The molecule has 1 aliphatic heterocycles. The third-order valence-corrected chi connectivity index (χ3v) is 4.94. The summed E-state index contributed by atoms with van der Waals surface area (Å²) in [6, 6.07) is 5.07. The minimum absolute atomic E-state index is 0.0721. The highest BCUT2D eigenvalue weighted by molar-refractivity contribution is 7.89. The highest BCUT2D eigenvalue weighted by atomic mass is 32.2. The lowest BCUT2D eigenvalue weighted by atomic mass is 10.2. The zero-order valence-electron chi connectivity index (χ0n) is 12.7. The van der Waals surface area contributed by atoms with Gasteiger partial charge in [-0.25, -0.2) is 13.1 Å². The first-order valence-corrected chi connectivity index (χ1v) is 8.84. The largest absolute Gasteiger partial charge is 0.402 e. The number of nitrogens with one attached hydrogen (secondary N) is 3. The Morgan fingerprint density at radius 1 is 1.33 bits per heavy atom. The molecule has 3 N–H and O–H groups in total. The number of carbonyl (C=O) groups excluding carboxylic acids is 1. The summed E-state index contributed by atoms with van der Waals surface area (Å²) in [5.41, 5.74) is 0.0721. The lowest BCUT2D eigenvalue weighted by Gasteiger charge is -2.12. The van der Waals surface area contributed by atoms with Crippen LogP contribution in [0, 0.1) is 0 Å². The van der Waals surface area contributed by atoms with Crippen LogP contribution in [0.25, 0.3) is 0 Å². The van der Waals surface area contributed by atoms with E-state index in [0.29, 0.717) is 6.54 Å². The Hall–Kier alpha value is -1.65. The van der Waals surface area contributed by atoms with Gasteiger partial charge in [0.1, 0.15) is 6.54 Å². The fraction of sp³-hybridized carbons (Fsp3) is 0.500. The van der Waals surface area contributed by atoms with Gasteiger partial charge >= 0.3 is 6.18 Å². The quantitative estimate of drug-likeness (QED) is 0.702. The molecule has 1 amide bonds. The summed E-state index contributed by atoms with van der Waals surface area (Å²) < 4.78 is 61.7. The van der Waals surface area contributed by atoms with Gasteiger partial charge in [-0.2, -0.15) is 13.2 Å². The van der Waals surface area contributed by atoms with Gasteiger partial charge in [0.15, 0.2) is 0 Å². The van der Waals surface area contributed by atoms with Crippen LogP contribution in [-0.4, -0.2) is 46.2 Å². The Morgan fingerprint density at radius 3 is 2.71 bits per heavy atom. The molecule has 1 aliphatic rings. The summed E-state index contributed by atoms with van der Waals surface area (Å²) in [6.45, 7) is -0.375. The zero-order valence-corrected chi connectivity index (χ0v) is 13.5. The summed E-state index contributed by atoms with van der Waals surface area (Å²) in [5.74, 6) is -0.475. The fourth-order valence-corrected chi connectivity index (χ4v) is 3.37. The van der Waals surface area contributed by atoms with Crippen LogP contribution in [-0.2, 0) is 10.0 Å². The van der Waals surface area contributed by atoms with E-state index in [1.54, 1.807) is 0 Å². The maximum atomic E-state index is 12.2. The molecule has 1 atom stereocenters. The Morgan fingerprint density at radius 2 is 2.08 bits per heavy atom. The Bertz CT molecular complexity index is 686. The molecular formula is C14H18F3N3O3S. The molecule has 0 spiro atoms. The standard InChI is InChI=1S/C14H18F3N3O3S/c15-14(16,17)9-20-24(22,23)12-5-1-3-10(7-12)13(21)19-8-11-4-2-6-18-11/h1,3,5,7,11,18,20H,2,4,6,8-9H2,(H,19,21)/t11-/m0/s1. The molecule has 1 fully saturated rings. The summed E-state index contributed by atoms with van der Waals surface area (Å²) in [4.78, 5) is 11.7. The molecule has 6 nitrogen and oxygen atoms in total. The maximum Gasteiger partial charge on any atom is 0.402 e. The third-order valence-electron chi connectivity index (χ3n) is 3.54. The van der Waals surface area contributed by atoms with Crippen LogP contribution in [0.4, 0.5) is 13.2 Å². The number of rotatable bonds is 6. The number of carbonyl (C=O) groups is 1. The number of halogens is 3. The van der Waals surface area contributed by atoms with E-state index < -0.39 is 33.5 Å². The van der Waals surface area contributed by atoms with Crippen molar-refractivity contribution in [1.82, 2.24) is 15.4 Å². The Labute approximate surface area is 137 Å². The number of sulfonamides is 1. The van der Waals surface area contributed by atoms with Gasteiger partial charge in [-0.05, 0) is 37.6 Å². The second kappa shape index (κ2) is 7.49. The number of benzene rings is 1. The lowest BCUT2D eigenvalue weighted by Crippen LogP contribution is -2.37. The van der Waals surface area contributed by atoms with E-state index in [0.717, 1.165) is 31.5 Å². The molecular weight excluding hydrogens is 347 g/mol. The number of amides is 1. The van der Waals surface area contributed by atoms with Gasteiger partial charge in [0, 0.05) is 18.2 Å². The Kier molecular flexibility index (Phi) is 5.83. The molecule has 1 saturated heterocycles. The van der Waals surface area contributed by atoms with Gasteiger partial charge in [-0.15, -0.1) is 0 Å². The van der Waals surface area contributed by atoms with E-state index in [2.05, 4.69) is 10.6 Å². The van der Waals surface area contributed by atoms with Gasteiger partial charge in [0.05, 0.1) is 4.90 Å². The fourth-order valence-electron chi connectivity index (χ4n) is 2.31. The van der Waals surface area contributed by atoms with Gasteiger partial charge in [0.25, 0.3) is 5.91 Å². The summed E-state index contributed by atoms with van der Waals surface area (Å²) in [7, 11) is -4.34. The van der Waals surface area contributed by atoms with Crippen LogP contribution >= 0.6 is 0 Å². The van der Waals surface area contributed by atoms with Crippen molar-refractivity contribution in [2.24, 2.45) is 0 Å². The number of alkyl halides is 3. The second-order valence-corrected chi connectivity index (χ2v) is 7.24. The lowest BCUT2D eigenvalue weighted by molar-refractivity contribution is -0.121. The summed E-state index contributed by atoms with van der Waals surface area (Å²) in [6.07, 6.45) is -2.69. The van der Waals surface area contributed by atoms with Crippen molar-refractivity contribution in [2.45, 2.75) is 30.0 Å². The van der Waals surface area contributed by atoms with Crippen molar-refractivity contribution in [3.63, 3.8) is 0 Å². The van der Waals surface area contributed by atoms with Crippen molar-refractivity contribution < 1.29 is 26.4 Å². The van der Waals surface area contributed by atoms with Crippen molar-refractivity contribution in [2.75, 3.05) is 19.6 Å². The van der Waals surface area contributed by atoms with Crippen LogP contribution in [0.1, 0.15) is 23.2 Å². The molecule has 0 aromatic heterocycles. The molecule has 1 aromatic rings. The van der Waals surface area contributed by atoms with Gasteiger partial charge in [-0.3, -0.25) is 4.79 Å². The predicted octanol–water partition coefficient (Wildman–Crippen LogP) is 1.01. The molecule has 2 rings (SSSR count). The van der Waals surface area contributed by atoms with Crippen LogP contribution in [0.15, 0.2) is 29.2 Å². The molecule has 0 saturated carbocycles. The highest BCUT2D eigenvalue weighted by Gasteiger charge is 2.30. The number of hydrogen-bond acceptors (Lipinski definition) is 4. The van der Waals surface area contributed by atoms with E-state index in [1.165, 1.54) is 16.9 Å². The van der Waals surface area contributed by atoms with Crippen molar-refractivity contribution in [1.29, 1.82) is 0 Å². The van der Waals surface area contributed by atoms with E-state index in [1.807, 2.05) is 0 Å². The van der Waals surface area contributed by atoms with Gasteiger partial charge < -0.3 is 10.6 Å². The first kappa shape index (κ1) is 18.7. The van der Waals surface area contributed by atoms with Crippen LogP contribution in [0.3, 0.4) is 0 Å². The molecule has 0 bridgehead atoms. The molecule has 0 aliphatic carbocycles. The predicted molar refractivity (Wildman–Crippen MR) is 81.0 cm³/mol. The van der Waals surface area contributed by atoms with Crippen molar-refractivity contribution >= 4 is 15.9 Å². The van der Waals surface area contributed by atoms with Crippen LogP contribution < -0.4 is 15.4 Å². The van der Waals surface area contributed by atoms with Crippen molar-refractivity contribution in [3.8, 4) is 0 Å². The van der Waals surface area contributed by atoms with E-state index in [4.69, 9.17) is 0 Å². The molecule has 1 heterocycles. The van der Waals surface area contributed by atoms with E-state index in [9.17, 15) is 26.4 Å². The van der Waals surface area contributed by atoms with Crippen LogP contribution in [0.5, 0.6) is 0 Å². The second-order valence-electron chi connectivity index (χ2n) is 5.47. The Balaban J connectivity index is 2.03. The third kappa shape index (κ3) is 5.46. The normalized spacial score (nSPS) is 18.5. The SMILES string of the molecule is O=C(NC[C@@H]1CCCN1)c1cccc(S(=O)(=O)NCC(F)(F)F)c1. The van der Waals surface area contributed by atoms with E-state index >= 15 is 0 Å². The topological polar surface area (TPSA) is 87.3 Å². The van der Waals surface area contributed by atoms with Crippen molar-refractivity contribution in [3.05, 3.63) is 29.8 Å².